The summed E-state index contributed by atoms with van der Waals surface area (Å²) in [5.41, 5.74) is 0.00246. The van der Waals surface area contributed by atoms with Crippen LogP contribution in [0.25, 0.3) is 0 Å². The summed E-state index contributed by atoms with van der Waals surface area (Å²) in [5, 5.41) is 12.9. The number of amides is 1. The molecule has 1 aromatic rings. The van der Waals surface area contributed by atoms with Gasteiger partial charge in [-0.1, -0.05) is 0 Å². The molecule has 1 N–H and O–H groups in total. The molecule has 0 saturated carbocycles. The molecule has 0 radical (unpaired) electrons. The molecule has 0 aliphatic heterocycles. The average Bonchev–Trinajstić information content (AvgIpc) is 2.56. The molecule has 1 rings (SSSR count). The summed E-state index contributed by atoms with van der Waals surface area (Å²) in [7, 11) is 3.11. The Morgan fingerprint density at radius 3 is 2.47 bits per heavy atom. The molecule has 19 heavy (non-hydrogen) atoms. The molecule has 1 heterocycles. The lowest BCUT2D eigenvalue weighted by atomic mass is 10.2. The van der Waals surface area contributed by atoms with Crippen LogP contribution in [0.2, 0.25) is 0 Å². The van der Waals surface area contributed by atoms with Crippen molar-refractivity contribution in [1.29, 1.82) is 0 Å². The second-order valence-electron chi connectivity index (χ2n) is 5.29. The molecule has 7 heteroatoms. The van der Waals surface area contributed by atoms with Crippen molar-refractivity contribution in [3.8, 4) is 0 Å². The third-order valence-corrected chi connectivity index (χ3v) is 2.25. The van der Waals surface area contributed by atoms with Crippen LogP contribution < -0.4 is 0 Å². The monoisotopic (exact) mass is 269 g/mol. The van der Waals surface area contributed by atoms with Crippen LogP contribution in [0.3, 0.4) is 0 Å². The maximum atomic E-state index is 11.7. The molecule has 0 spiro atoms. The number of aromatic carboxylic acids is 1. The van der Waals surface area contributed by atoms with E-state index >= 15 is 0 Å². The number of carboxylic acid groups (broad SMARTS) is 1. The zero-order valence-corrected chi connectivity index (χ0v) is 11.8. The highest BCUT2D eigenvalue weighted by Gasteiger charge is 2.21. The predicted octanol–water partition coefficient (Wildman–Crippen LogP) is 1.49. The van der Waals surface area contributed by atoms with Crippen molar-refractivity contribution in [3.63, 3.8) is 0 Å². The van der Waals surface area contributed by atoms with E-state index in [1.54, 1.807) is 34.9 Å². The van der Waals surface area contributed by atoms with Crippen molar-refractivity contribution in [2.24, 2.45) is 7.05 Å². The Hall–Kier alpha value is -2.05. The van der Waals surface area contributed by atoms with E-state index in [0.29, 0.717) is 5.69 Å². The third-order valence-electron chi connectivity index (χ3n) is 2.25. The maximum Gasteiger partial charge on any atom is 0.410 e. The number of nitrogens with zero attached hydrogens (tertiary/aromatic N) is 3. The van der Waals surface area contributed by atoms with Gasteiger partial charge in [-0.15, -0.1) is 0 Å². The van der Waals surface area contributed by atoms with Gasteiger partial charge < -0.3 is 14.7 Å². The van der Waals surface area contributed by atoms with Crippen LogP contribution in [0.1, 0.15) is 37.0 Å². The lowest BCUT2D eigenvalue weighted by Crippen LogP contribution is -2.33. The normalized spacial score (nSPS) is 11.2. The summed E-state index contributed by atoms with van der Waals surface area (Å²) in [4.78, 5) is 24.0. The zero-order chi connectivity index (χ0) is 14.8. The van der Waals surface area contributed by atoms with E-state index in [1.165, 1.54) is 15.6 Å². The van der Waals surface area contributed by atoms with Gasteiger partial charge in [-0.3, -0.25) is 4.68 Å². The SMILES string of the molecule is CN(Cc1cc(C(=O)O)n(C)n1)C(=O)OC(C)(C)C. The van der Waals surface area contributed by atoms with E-state index in [2.05, 4.69) is 5.10 Å². The fourth-order valence-corrected chi connectivity index (χ4v) is 1.45. The van der Waals surface area contributed by atoms with Crippen molar-refractivity contribution in [2.75, 3.05) is 7.05 Å². The Morgan fingerprint density at radius 1 is 1.47 bits per heavy atom. The third kappa shape index (κ3) is 4.27. The summed E-state index contributed by atoms with van der Waals surface area (Å²) >= 11 is 0. The first-order valence-corrected chi connectivity index (χ1v) is 5.80. The van der Waals surface area contributed by atoms with Gasteiger partial charge in [-0.05, 0) is 26.8 Å². The van der Waals surface area contributed by atoms with Crippen molar-refractivity contribution in [3.05, 3.63) is 17.5 Å². The first-order chi connectivity index (χ1) is 8.60. The minimum absolute atomic E-state index is 0.0765. The zero-order valence-electron chi connectivity index (χ0n) is 11.8. The number of rotatable bonds is 3. The number of hydrogen-bond donors (Lipinski definition) is 1. The van der Waals surface area contributed by atoms with Gasteiger partial charge in [-0.25, -0.2) is 9.59 Å². The Bertz CT molecular complexity index is 488. The van der Waals surface area contributed by atoms with Gasteiger partial charge in [0.1, 0.15) is 11.3 Å². The molecule has 1 aromatic heterocycles. The fraction of sp³-hybridized carbons (Fsp3) is 0.583. The number of carboxylic acids is 1. The Kier molecular flexibility index (Phi) is 4.18. The molecule has 0 bridgehead atoms. The van der Waals surface area contributed by atoms with Crippen molar-refractivity contribution in [1.82, 2.24) is 14.7 Å². The average molecular weight is 269 g/mol. The van der Waals surface area contributed by atoms with Crippen molar-refractivity contribution >= 4 is 12.1 Å². The summed E-state index contributed by atoms with van der Waals surface area (Å²) in [6.45, 7) is 5.53. The fourth-order valence-electron chi connectivity index (χ4n) is 1.45. The van der Waals surface area contributed by atoms with Gasteiger partial charge in [-0.2, -0.15) is 5.10 Å². The Balaban J connectivity index is 2.72. The highest BCUT2D eigenvalue weighted by molar-refractivity contribution is 5.85. The molecule has 0 aromatic carbocycles. The quantitative estimate of drug-likeness (QED) is 0.898. The van der Waals surface area contributed by atoms with Crippen LogP contribution in [0, 0.1) is 0 Å². The predicted molar refractivity (Wildman–Crippen MR) is 67.9 cm³/mol. The Labute approximate surface area is 111 Å². The van der Waals surface area contributed by atoms with Crippen LogP contribution >= 0.6 is 0 Å². The number of aryl methyl sites for hydroxylation is 1. The van der Waals surface area contributed by atoms with Gasteiger partial charge >= 0.3 is 12.1 Å². The molecule has 0 saturated heterocycles. The molecule has 7 nitrogen and oxygen atoms in total. The minimum Gasteiger partial charge on any atom is -0.477 e. The van der Waals surface area contributed by atoms with Crippen LogP contribution in [-0.4, -0.2) is 44.5 Å². The summed E-state index contributed by atoms with van der Waals surface area (Å²) in [6, 6.07) is 1.43. The molecule has 0 unspecified atom stereocenters. The summed E-state index contributed by atoms with van der Waals surface area (Å²) < 4.78 is 6.46. The first-order valence-electron chi connectivity index (χ1n) is 5.80. The second-order valence-corrected chi connectivity index (χ2v) is 5.29. The molecule has 0 aliphatic rings. The first kappa shape index (κ1) is 15.0. The molecule has 106 valence electrons. The minimum atomic E-state index is -1.05. The number of carbonyl (C=O) groups excluding carboxylic acids is 1. The topological polar surface area (TPSA) is 84.7 Å². The van der Waals surface area contributed by atoms with E-state index in [-0.39, 0.29) is 12.2 Å². The standard InChI is InChI=1S/C12H19N3O4/c1-12(2,3)19-11(18)14(4)7-8-6-9(10(16)17)15(5)13-8/h6H,7H2,1-5H3,(H,16,17). The van der Waals surface area contributed by atoms with E-state index in [4.69, 9.17) is 9.84 Å². The van der Waals surface area contributed by atoms with Crippen LogP contribution in [0.15, 0.2) is 6.07 Å². The molecule has 0 fully saturated rings. The molecule has 0 aliphatic carbocycles. The number of carbonyl (C=O) groups is 2. The number of hydrogen-bond acceptors (Lipinski definition) is 4. The second kappa shape index (κ2) is 5.29. The van der Waals surface area contributed by atoms with Gasteiger partial charge in [0.2, 0.25) is 0 Å². The number of ether oxygens (including phenoxy) is 1. The van der Waals surface area contributed by atoms with Crippen LogP contribution in [-0.2, 0) is 18.3 Å². The van der Waals surface area contributed by atoms with E-state index in [0.717, 1.165) is 0 Å². The van der Waals surface area contributed by atoms with E-state index < -0.39 is 17.7 Å². The van der Waals surface area contributed by atoms with Gasteiger partial charge in [0, 0.05) is 14.1 Å². The summed E-state index contributed by atoms with van der Waals surface area (Å²) in [5.74, 6) is -1.05. The number of aromatic nitrogens is 2. The molecular formula is C12H19N3O4. The van der Waals surface area contributed by atoms with Crippen LogP contribution in [0.5, 0.6) is 0 Å². The Morgan fingerprint density at radius 2 is 2.05 bits per heavy atom. The molecular weight excluding hydrogens is 250 g/mol. The molecule has 0 atom stereocenters. The highest BCUT2D eigenvalue weighted by Crippen LogP contribution is 2.11. The van der Waals surface area contributed by atoms with Crippen molar-refractivity contribution in [2.45, 2.75) is 32.9 Å². The lowest BCUT2D eigenvalue weighted by Gasteiger charge is -2.24. The van der Waals surface area contributed by atoms with Crippen LogP contribution in [0.4, 0.5) is 4.79 Å². The highest BCUT2D eigenvalue weighted by atomic mass is 16.6. The van der Waals surface area contributed by atoms with Gasteiger partial charge in [0.05, 0.1) is 12.2 Å². The van der Waals surface area contributed by atoms with E-state index in [1.807, 2.05) is 0 Å². The smallest absolute Gasteiger partial charge is 0.410 e. The van der Waals surface area contributed by atoms with E-state index in [9.17, 15) is 9.59 Å². The summed E-state index contributed by atoms with van der Waals surface area (Å²) in [6.07, 6.45) is -0.477. The molecule has 1 amide bonds. The van der Waals surface area contributed by atoms with Gasteiger partial charge in [0.25, 0.3) is 0 Å². The lowest BCUT2D eigenvalue weighted by molar-refractivity contribution is 0.0282. The largest absolute Gasteiger partial charge is 0.477 e. The maximum absolute atomic E-state index is 11.7. The van der Waals surface area contributed by atoms with Gasteiger partial charge in [0.15, 0.2) is 0 Å². The van der Waals surface area contributed by atoms with Crippen molar-refractivity contribution < 1.29 is 19.4 Å².